The van der Waals surface area contributed by atoms with Gasteiger partial charge < -0.3 is 5.32 Å². The van der Waals surface area contributed by atoms with E-state index in [2.05, 4.69) is 31.3 Å². The lowest BCUT2D eigenvalue weighted by Gasteiger charge is -2.60. The molecule has 4 fully saturated rings. The molecule has 1 N–H and O–H groups in total. The minimum Gasteiger partial charge on any atom is -0.323 e. The normalized spacial score (nSPS) is 34.8. The predicted molar refractivity (Wildman–Crippen MR) is 97.8 cm³/mol. The molecule has 0 saturated heterocycles. The first-order valence-electron chi connectivity index (χ1n) is 9.10. The number of amides is 1. The van der Waals surface area contributed by atoms with Crippen molar-refractivity contribution in [2.45, 2.75) is 44.1 Å². The lowest BCUT2D eigenvalue weighted by atomic mass is 9.46. The fourth-order valence-electron chi connectivity index (χ4n) is 6.05. The smallest absolute Gasteiger partial charge is 0.230 e. The van der Waals surface area contributed by atoms with Crippen LogP contribution in [-0.2, 0) is 10.3 Å². The van der Waals surface area contributed by atoms with E-state index in [4.69, 9.17) is 0 Å². The van der Waals surface area contributed by atoms with Gasteiger partial charge in [-0.2, -0.15) is 5.10 Å². The summed E-state index contributed by atoms with van der Waals surface area (Å²) in [6.45, 7) is 0. The van der Waals surface area contributed by atoms with Crippen molar-refractivity contribution < 1.29 is 9.18 Å². The fourth-order valence-corrected chi connectivity index (χ4v) is 6.38. The lowest BCUT2D eigenvalue weighted by Crippen LogP contribution is -2.60. The Morgan fingerprint density at radius 3 is 2.69 bits per heavy atom. The average Bonchev–Trinajstić information content (AvgIpc) is 3.11. The summed E-state index contributed by atoms with van der Waals surface area (Å²) < 4.78 is 16.9. The zero-order valence-electron chi connectivity index (χ0n) is 14.3. The molecule has 0 unspecified atom stereocenters. The van der Waals surface area contributed by atoms with Crippen LogP contribution >= 0.6 is 15.9 Å². The van der Waals surface area contributed by atoms with Crippen LogP contribution in [0.2, 0.25) is 0 Å². The van der Waals surface area contributed by atoms with Gasteiger partial charge in [0.25, 0.3) is 0 Å². The van der Waals surface area contributed by atoms with E-state index in [9.17, 15) is 9.18 Å². The van der Waals surface area contributed by atoms with Gasteiger partial charge in [-0.05, 0) is 68.6 Å². The summed E-state index contributed by atoms with van der Waals surface area (Å²) in [7, 11) is 0. The molecular weight excluding hydrogens is 399 g/mol. The zero-order valence-corrected chi connectivity index (χ0v) is 15.9. The van der Waals surface area contributed by atoms with Gasteiger partial charge in [-0.1, -0.05) is 15.9 Å². The molecule has 1 aromatic heterocycles. The van der Waals surface area contributed by atoms with Crippen molar-refractivity contribution in [3.05, 3.63) is 41.1 Å². The van der Waals surface area contributed by atoms with Crippen LogP contribution in [-0.4, -0.2) is 20.7 Å². The first kappa shape index (κ1) is 16.4. The summed E-state index contributed by atoms with van der Waals surface area (Å²) in [5.41, 5.74) is -0.296. The number of carbonyl (C=O) groups excluding carboxylic acids is 1. The monoisotopic (exact) mass is 418 g/mol. The van der Waals surface area contributed by atoms with Crippen LogP contribution in [0.4, 0.5) is 10.1 Å². The number of nitrogens with one attached hydrogen (secondary N) is 1. The second-order valence-electron chi connectivity index (χ2n) is 8.38. The molecule has 6 rings (SSSR count). The standard InChI is InChI=1S/C19H20BrFN4O/c20-14-1-2-16(15(21)4-14)24-17(26)18-5-12-3-13(6-18)8-19(7-12,9-18)25-11-22-10-23-25/h1-2,4,10-13H,3,5-9H2,(H,24,26)/t12-,13-,18?,19?/m1/s1. The highest BCUT2D eigenvalue weighted by Gasteiger charge is 2.61. The van der Waals surface area contributed by atoms with Crippen molar-refractivity contribution >= 4 is 27.5 Å². The van der Waals surface area contributed by atoms with E-state index >= 15 is 0 Å². The third-order valence-corrected chi connectivity index (χ3v) is 7.09. The van der Waals surface area contributed by atoms with Gasteiger partial charge in [0.15, 0.2) is 0 Å². The Morgan fingerprint density at radius 1 is 1.27 bits per heavy atom. The molecule has 0 spiro atoms. The third-order valence-electron chi connectivity index (χ3n) is 6.60. The van der Waals surface area contributed by atoms with Crippen molar-refractivity contribution in [3.8, 4) is 0 Å². The van der Waals surface area contributed by atoms with Crippen molar-refractivity contribution in [3.63, 3.8) is 0 Å². The number of anilines is 1. The topological polar surface area (TPSA) is 59.8 Å². The number of hydrogen-bond acceptors (Lipinski definition) is 3. The van der Waals surface area contributed by atoms with Crippen molar-refractivity contribution in [2.75, 3.05) is 5.32 Å². The summed E-state index contributed by atoms with van der Waals surface area (Å²) in [4.78, 5) is 17.4. The number of aromatic nitrogens is 3. The molecule has 26 heavy (non-hydrogen) atoms. The average molecular weight is 419 g/mol. The molecule has 2 atom stereocenters. The molecule has 7 heteroatoms. The van der Waals surface area contributed by atoms with Crippen molar-refractivity contribution in [1.29, 1.82) is 0 Å². The number of hydrogen-bond donors (Lipinski definition) is 1. The highest BCUT2D eigenvalue weighted by atomic mass is 79.9. The van der Waals surface area contributed by atoms with E-state index in [1.54, 1.807) is 24.8 Å². The largest absolute Gasteiger partial charge is 0.323 e. The van der Waals surface area contributed by atoms with E-state index in [1.165, 1.54) is 12.5 Å². The van der Waals surface area contributed by atoms with E-state index in [0.29, 0.717) is 16.3 Å². The van der Waals surface area contributed by atoms with Gasteiger partial charge in [-0.25, -0.2) is 14.1 Å². The Morgan fingerprint density at radius 2 is 2.04 bits per heavy atom. The molecule has 1 heterocycles. The molecule has 0 radical (unpaired) electrons. The molecular formula is C19H20BrFN4O. The van der Waals surface area contributed by atoms with E-state index in [0.717, 1.165) is 32.1 Å². The molecule has 4 aliphatic carbocycles. The predicted octanol–water partition coefficient (Wildman–Crippen LogP) is 4.11. The van der Waals surface area contributed by atoms with Gasteiger partial charge in [0.1, 0.15) is 18.5 Å². The second kappa shape index (κ2) is 5.62. The van der Waals surface area contributed by atoms with Crippen LogP contribution in [0.1, 0.15) is 38.5 Å². The van der Waals surface area contributed by atoms with Crippen LogP contribution in [0, 0.1) is 23.1 Å². The van der Waals surface area contributed by atoms with Gasteiger partial charge in [0.05, 0.1) is 16.6 Å². The zero-order chi connectivity index (χ0) is 17.9. The SMILES string of the molecule is O=C(Nc1ccc(Br)cc1F)C12C[C@H]3C[C@H](C1)CC(n1cncn1)(C3)C2. The Balaban J connectivity index is 1.47. The van der Waals surface area contributed by atoms with Gasteiger partial charge >= 0.3 is 0 Å². The fraction of sp³-hybridized carbons (Fsp3) is 0.526. The number of rotatable bonds is 3. The molecule has 4 bridgehead atoms. The van der Waals surface area contributed by atoms with Crippen LogP contribution < -0.4 is 5.32 Å². The van der Waals surface area contributed by atoms with Crippen molar-refractivity contribution in [2.24, 2.45) is 17.3 Å². The maximum atomic E-state index is 14.2. The summed E-state index contributed by atoms with van der Waals surface area (Å²) in [6.07, 6.45) is 9.23. The van der Waals surface area contributed by atoms with Gasteiger partial charge in [0, 0.05) is 4.47 Å². The Hall–Kier alpha value is -1.76. The quantitative estimate of drug-likeness (QED) is 0.815. The first-order valence-corrected chi connectivity index (χ1v) is 9.89. The van der Waals surface area contributed by atoms with E-state index in [-0.39, 0.29) is 17.1 Å². The summed E-state index contributed by atoms with van der Waals surface area (Å²) in [6, 6.07) is 4.74. The third kappa shape index (κ3) is 2.43. The Kier molecular flexibility index (Phi) is 3.55. The van der Waals surface area contributed by atoms with Crippen LogP contribution in [0.15, 0.2) is 35.3 Å². The highest BCUT2D eigenvalue weighted by Crippen LogP contribution is 2.64. The maximum absolute atomic E-state index is 14.2. The summed E-state index contributed by atoms with van der Waals surface area (Å²) in [5, 5.41) is 7.29. The molecule has 1 amide bonds. The molecule has 136 valence electrons. The number of carbonyl (C=O) groups is 1. The van der Waals surface area contributed by atoms with Crippen LogP contribution in [0.5, 0.6) is 0 Å². The molecule has 2 aromatic rings. The minimum absolute atomic E-state index is 0.0442. The highest BCUT2D eigenvalue weighted by molar-refractivity contribution is 9.10. The number of halogens is 2. The number of benzene rings is 1. The van der Waals surface area contributed by atoms with Gasteiger partial charge in [-0.15, -0.1) is 0 Å². The molecule has 4 aliphatic rings. The van der Waals surface area contributed by atoms with Gasteiger partial charge in [0.2, 0.25) is 5.91 Å². The second-order valence-corrected chi connectivity index (χ2v) is 9.30. The van der Waals surface area contributed by atoms with Crippen LogP contribution in [0.3, 0.4) is 0 Å². The van der Waals surface area contributed by atoms with Crippen molar-refractivity contribution in [1.82, 2.24) is 14.8 Å². The summed E-state index contributed by atoms with van der Waals surface area (Å²) >= 11 is 3.25. The van der Waals surface area contributed by atoms with Crippen LogP contribution in [0.25, 0.3) is 0 Å². The number of nitrogens with zero attached hydrogens (tertiary/aromatic N) is 3. The molecule has 5 nitrogen and oxygen atoms in total. The molecule has 4 saturated carbocycles. The molecule has 1 aromatic carbocycles. The molecule has 0 aliphatic heterocycles. The lowest BCUT2D eigenvalue weighted by molar-refractivity contribution is -0.150. The minimum atomic E-state index is -0.435. The van der Waals surface area contributed by atoms with Gasteiger partial charge in [-0.3, -0.25) is 4.79 Å². The first-order chi connectivity index (χ1) is 12.5. The Labute approximate surface area is 159 Å². The Bertz CT molecular complexity index is 854. The van der Waals surface area contributed by atoms with E-state index in [1.807, 2.05) is 4.68 Å². The van der Waals surface area contributed by atoms with E-state index < -0.39 is 11.2 Å². The maximum Gasteiger partial charge on any atom is 0.230 e. The summed E-state index contributed by atoms with van der Waals surface area (Å²) in [5.74, 6) is 0.600.